The Labute approximate surface area is 129 Å². The van der Waals surface area contributed by atoms with Crippen LogP contribution in [0.2, 0.25) is 0 Å². The van der Waals surface area contributed by atoms with Gasteiger partial charge in [-0.2, -0.15) is 0 Å². The predicted octanol–water partition coefficient (Wildman–Crippen LogP) is 3.52. The van der Waals surface area contributed by atoms with Gasteiger partial charge in [-0.05, 0) is 24.6 Å². The summed E-state index contributed by atoms with van der Waals surface area (Å²) in [6.45, 7) is 3.02. The first-order valence-corrected chi connectivity index (χ1v) is 7.30. The Morgan fingerprint density at radius 2 is 2.00 bits per heavy atom. The van der Waals surface area contributed by atoms with E-state index in [9.17, 15) is 0 Å². The third-order valence-electron chi connectivity index (χ3n) is 3.58. The lowest BCUT2D eigenvalue weighted by atomic mass is 10.2. The van der Waals surface area contributed by atoms with Crippen molar-refractivity contribution >= 4 is 22.8 Å². The highest BCUT2D eigenvalue weighted by Gasteiger charge is 2.13. The number of rotatable bonds is 5. The molecule has 0 aliphatic rings. The lowest BCUT2D eigenvalue weighted by Gasteiger charge is -2.26. The number of anilines is 1. The SMILES string of the molecule is CCCN(c1ccncc1)n1cc(/C=N/O)c2ccccc21. The molecular formula is C17H18N4O. The van der Waals surface area contributed by atoms with E-state index in [0.29, 0.717) is 0 Å². The number of hydrogen-bond acceptors (Lipinski definition) is 4. The number of para-hydroxylation sites is 1. The van der Waals surface area contributed by atoms with Crippen molar-refractivity contribution in [2.24, 2.45) is 5.16 Å². The van der Waals surface area contributed by atoms with Gasteiger partial charge in [-0.3, -0.25) is 14.7 Å². The van der Waals surface area contributed by atoms with E-state index < -0.39 is 0 Å². The molecule has 0 aliphatic heterocycles. The van der Waals surface area contributed by atoms with Gasteiger partial charge < -0.3 is 5.21 Å². The van der Waals surface area contributed by atoms with Crippen LogP contribution in [0.25, 0.3) is 10.9 Å². The van der Waals surface area contributed by atoms with Crippen LogP contribution in [0.4, 0.5) is 5.69 Å². The molecule has 112 valence electrons. The van der Waals surface area contributed by atoms with E-state index in [1.807, 2.05) is 36.5 Å². The van der Waals surface area contributed by atoms with Crippen molar-refractivity contribution < 1.29 is 5.21 Å². The van der Waals surface area contributed by atoms with Crippen LogP contribution in [0, 0.1) is 0 Å². The van der Waals surface area contributed by atoms with Crippen LogP contribution in [0.3, 0.4) is 0 Å². The number of hydrogen-bond donors (Lipinski definition) is 1. The minimum atomic E-state index is 0.873. The largest absolute Gasteiger partial charge is 0.411 e. The molecule has 0 radical (unpaired) electrons. The average molecular weight is 294 g/mol. The molecule has 0 spiro atoms. The summed E-state index contributed by atoms with van der Waals surface area (Å²) in [7, 11) is 0. The standard InChI is InChI=1S/C17H18N4O/c1-2-11-20(15-7-9-18-10-8-15)21-13-14(12-19-22)16-5-3-4-6-17(16)21/h3-10,12-13,22H,2,11H2,1H3/b19-12+. The zero-order valence-electron chi connectivity index (χ0n) is 12.4. The van der Waals surface area contributed by atoms with Gasteiger partial charge in [0.05, 0.1) is 17.4 Å². The van der Waals surface area contributed by atoms with Crippen LogP contribution in [-0.2, 0) is 0 Å². The summed E-state index contributed by atoms with van der Waals surface area (Å²) in [4.78, 5) is 4.09. The highest BCUT2D eigenvalue weighted by molar-refractivity contribution is 5.99. The second-order valence-corrected chi connectivity index (χ2v) is 5.02. The molecule has 22 heavy (non-hydrogen) atoms. The zero-order valence-corrected chi connectivity index (χ0v) is 12.4. The highest BCUT2D eigenvalue weighted by atomic mass is 16.4. The van der Waals surface area contributed by atoms with E-state index in [0.717, 1.165) is 35.1 Å². The maximum absolute atomic E-state index is 8.89. The van der Waals surface area contributed by atoms with Crippen LogP contribution >= 0.6 is 0 Å². The topological polar surface area (TPSA) is 53.7 Å². The number of oxime groups is 1. The first-order valence-electron chi connectivity index (χ1n) is 7.30. The van der Waals surface area contributed by atoms with Crippen LogP contribution in [0.15, 0.2) is 60.1 Å². The van der Waals surface area contributed by atoms with Crippen molar-refractivity contribution in [2.45, 2.75) is 13.3 Å². The summed E-state index contributed by atoms with van der Waals surface area (Å²) in [6.07, 6.45) is 8.05. The van der Waals surface area contributed by atoms with Gasteiger partial charge >= 0.3 is 0 Å². The second kappa shape index (κ2) is 6.30. The molecule has 5 nitrogen and oxygen atoms in total. The lowest BCUT2D eigenvalue weighted by Crippen LogP contribution is -2.29. The molecule has 5 heteroatoms. The molecule has 3 aromatic rings. The molecule has 0 amide bonds. The first-order chi connectivity index (χ1) is 10.8. The Morgan fingerprint density at radius 1 is 1.23 bits per heavy atom. The third-order valence-corrected chi connectivity index (χ3v) is 3.58. The molecule has 0 bridgehead atoms. The maximum atomic E-state index is 8.89. The average Bonchev–Trinajstić information content (AvgIpc) is 2.93. The van der Waals surface area contributed by atoms with E-state index >= 15 is 0 Å². The van der Waals surface area contributed by atoms with Gasteiger partial charge in [-0.25, -0.2) is 0 Å². The van der Waals surface area contributed by atoms with Crippen LogP contribution in [0.1, 0.15) is 18.9 Å². The summed E-state index contributed by atoms with van der Waals surface area (Å²) < 4.78 is 2.10. The molecule has 3 rings (SSSR count). The predicted molar refractivity (Wildman–Crippen MR) is 88.6 cm³/mol. The number of benzene rings is 1. The number of fused-ring (bicyclic) bond motifs is 1. The minimum Gasteiger partial charge on any atom is -0.411 e. The third kappa shape index (κ3) is 2.53. The van der Waals surface area contributed by atoms with Gasteiger partial charge in [-0.1, -0.05) is 30.3 Å². The molecule has 0 atom stereocenters. The Bertz CT molecular complexity index is 780. The van der Waals surface area contributed by atoms with Crippen LogP contribution in [0.5, 0.6) is 0 Å². The summed E-state index contributed by atoms with van der Waals surface area (Å²) in [5.74, 6) is 0. The molecule has 2 aromatic heterocycles. The van der Waals surface area contributed by atoms with E-state index in [-0.39, 0.29) is 0 Å². The van der Waals surface area contributed by atoms with Crippen molar-refractivity contribution in [3.05, 3.63) is 60.6 Å². The van der Waals surface area contributed by atoms with Gasteiger partial charge in [0.2, 0.25) is 0 Å². The molecule has 0 saturated carbocycles. The normalized spacial score (nSPS) is 11.3. The fourth-order valence-corrected chi connectivity index (χ4v) is 2.64. The van der Waals surface area contributed by atoms with E-state index in [1.54, 1.807) is 12.4 Å². The van der Waals surface area contributed by atoms with E-state index in [1.165, 1.54) is 6.21 Å². The number of nitrogens with zero attached hydrogens (tertiary/aromatic N) is 4. The van der Waals surface area contributed by atoms with E-state index in [4.69, 9.17) is 5.21 Å². The molecule has 0 fully saturated rings. The van der Waals surface area contributed by atoms with Crippen LogP contribution < -0.4 is 5.01 Å². The fourth-order valence-electron chi connectivity index (χ4n) is 2.64. The molecule has 0 aliphatic carbocycles. The Balaban J connectivity index is 2.18. The lowest BCUT2D eigenvalue weighted by molar-refractivity contribution is 0.322. The van der Waals surface area contributed by atoms with Gasteiger partial charge in [0, 0.05) is 36.1 Å². The minimum absolute atomic E-state index is 0.873. The monoisotopic (exact) mass is 294 g/mol. The molecule has 0 unspecified atom stereocenters. The Kier molecular flexibility index (Phi) is 4.05. The molecule has 0 saturated heterocycles. The Morgan fingerprint density at radius 3 is 2.73 bits per heavy atom. The highest BCUT2D eigenvalue weighted by Crippen LogP contribution is 2.24. The number of pyridine rings is 1. The summed E-state index contributed by atoms with van der Waals surface area (Å²) in [6, 6.07) is 12.1. The zero-order chi connectivity index (χ0) is 15.4. The molecule has 1 N–H and O–H groups in total. The summed E-state index contributed by atoms with van der Waals surface area (Å²) in [5, 5.41) is 15.3. The quantitative estimate of drug-likeness (QED) is 0.445. The summed E-state index contributed by atoms with van der Waals surface area (Å²) in [5.41, 5.74) is 3.03. The molecular weight excluding hydrogens is 276 g/mol. The van der Waals surface area contributed by atoms with Crippen molar-refractivity contribution in [3.63, 3.8) is 0 Å². The number of aromatic nitrogens is 2. The maximum Gasteiger partial charge on any atom is 0.0756 e. The molecule has 2 heterocycles. The first kappa shape index (κ1) is 14.1. The summed E-state index contributed by atoms with van der Waals surface area (Å²) >= 11 is 0. The van der Waals surface area contributed by atoms with Crippen LogP contribution in [-0.4, -0.2) is 27.6 Å². The second-order valence-electron chi connectivity index (χ2n) is 5.02. The van der Waals surface area contributed by atoms with E-state index in [2.05, 4.69) is 32.8 Å². The fraction of sp³-hybridized carbons (Fsp3) is 0.176. The van der Waals surface area contributed by atoms with Crippen molar-refractivity contribution in [1.29, 1.82) is 0 Å². The van der Waals surface area contributed by atoms with Crippen molar-refractivity contribution in [2.75, 3.05) is 11.6 Å². The van der Waals surface area contributed by atoms with Gasteiger partial charge in [-0.15, -0.1) is 0 Å². The van der Waals surface area contributed by atoms with Gasteiger partial charge in [0.1, 0.15) is 0 Å². The van der Waals surface area contributed by atoms with Crippen molar-refractivity contribution in [3.8, 4) is 0 Å². The smallest absolute Gasteiger partial charge is 0.0756 e. The van der Waals surface area contributed by atoms with Gasteiger partial charge in [0.15, 0.2) is 0 Å². The van der Waals surface area contributed by atoms with Crippen molar-refractivity contribution in [1.82, 2.24) is 9.66 Å². The Hall–Kier alpha value is -2.82. The van der Waals surface area contributed by atoms with Gasteiger partial charge in [0.25, 0.3) is 0 Å². The molecule has 1 aromatic carbocycles.